The molecule has 1 fully saturated rings. The number of fused-ring (bicyclic) bond motifs is 5. The maximum absolute atomic E-state index is 13.6. The second-order valence-corrected chi connectivity index (χ2v) is 7.89. The molecule has 0 unspecified atom stereocenters. The fourth-order valence-corrected chi connectivity index (χ4v) is 4.64. The van der Waals surface area contributed by atoms with Gasteiger partial charge in [0.25, 0.3) is 5.91 Å². The number of ketones is 1. The lowest BCUT2D eigenvalue weighted by molar-refractivity contribution is -0.125. The number of methoxy groups -OCH3 is 1. The topological polar surface area (TPSA) is 82.7 Å². The van der Waals surface area contributed by atoms with Crippen molar-refractivity contribution in [1.82, 2.24) is 9.88 Å². The smallest absolute Gasteiger partial charge is 0.332 e. The van der Waals surface area contributed by atoms with Crippen molar-refractivity contribution in [2.45, 2.75) is 25.8 Å². The molecule has 0 radical (unpaired) electrons. The van der Waals surface area contributed by atoms with E-state index in [0.29, 0.717) is 24.2 Å². The zero-order chi connectivity index (χ0) is 21.2. The predicted octanol–water partition coefficient (Wildman–Crippen LogP) is 3.62. The predicted molar refractivity (Wildman–Crippen MR) is 112 cm³/mol. The molecule has 7 nitrogen and oxygen atoms in total. The summed E-state index contributed by atoms with van der Waals surface area (Å²) in [6, 6.07) is 12.0. The van der Waals surface area contributed by atoms with E-state index in [1.807, 2.05) is 18.2 Å². The van der Waals surface area contributed by atoms with E-state index in [-0.39, 0.29) is 17.7 Å². The molecule has 0 aliphatic carbocycles. The maximum Gasteiger partial charge on any atom is 0.332 e. The molecule has 7 heteroatoms. The SMILES string of the molecule is COc1ccc2[nH]c3c(c2c1)CCN1C(=O)N(c2cccc(C(C)=O)c2)C(=O)[C@]31C. The van der Waals surface area contributed by atoms with Gasteiger partial charge in [0.2, 0.25) is 0 Å². The van der Waals surface area contributed by atoms with Crippen molar-refractivity contribution >= 4 is 34.3 Å². The number of rotatable bonds is 3. The van der Waals surface area contributed by atoms with Crippen molar-refractivity contribution in [2.75, 3.05) is 18.6 Å². The first kappa shape index (κ1) is 18.4. The van der Waals surface area contributed by atoms with Crippen LogP contribution in [0.3, 0.4) is 0 Å². The van der Waals surface area contributed by atoms with E-state index in [1.165, 1.54) is 11.8 Å². The van der Waals surface area contributed by atoms with E-state index in [1.54, 1.807) is 43.2 Å². The molecule has 3 heterocycles. The van der Waals surface area contributed by atoms with Crippen molar-refractivity contribution in [1.29, 1.82) is 0 Å². The first-order chi connectivity index (χ1) is 14.4. The number of nitrogens with zero attached hydrogens (tertiary/aromatic N) is 2. The lowest BCUT2D eigenvalue weighted by atomic mass is 9.87. The number of anilines is 1. The molecule has 2 aliphatic heterocycles. The maximum atomic E-state index is 13.6. The number of Topliss-reactive ketones (excluding diaryl/α,β-unsaturated/α-hetero) is 1. The van der Waals surface area contributed by atoms with Crippen molar-refractivity contribution in [3.8, 4) is 5.75 Å². The van der Waals surface area contributed by atoms with Crippen LogP contribution in [0.1, 0.15) is 35.5 Å². The van der Waals surface area contributed by atoms with E-state index in [9.17, 15) is 14.4 Å². The van der Waals surface area contributed by atoms with Crippen molar-refractivity contribution in [3.05, 3.63) is 59.3 Å². The molecular weight excluding hydrogens is 382 g/mol. The number of aromatic amines is 1. The molecular formula is C23H21N3O4. The summed E-state index contributed by atoms with van der Waals surface area (Å²) >= 11 is 0. The number of imide groups is 1. The monoisotopic (exact) mass is 403 g/mol. The highest BCUT2D eigenvalue weighted by Crippen LogP contribution is 2.45. The molecule has 3 aromatic rings. The van der Waals surface area contributed by atoms with Gasteiger partial charge >= 0.3 is 6.03 Å². The Bertz CT molecular complexity index is 1240. The molecule has 1 aromatic heterocycles. The van der Waals surface area contributed by atoms with E-state index >= 15 is 0 Å². The van der Waals surface area contributed by atoms with Gasteiger partial charge in [0.05, 0.1) is 18.5 Å². The Balaban J connectivity index is 1.66. The molecule has 30 heavy (non-hydrogen) atoms. The molecule has 1 saturated heterocycles. The largest absolute Gasteiger partial charge is 0.497 e. The van der Waals surface area contributed by atoms with Crippen molar-refractivity contribution in [2.24, 2.45) is 0 Å². The van der Waals surface area contributed by atoms with Gasteiger partial charge in [0, 0.05) is 23.0 Å². The van der Waals surface area contributed by atoms with Gasteiger partial charge < -0.3 is 14.6 Å². The number of benzene rings is 2. The Labute approximate surface area is 173 Å². The molecule has 5 rings (SSSR count). The minimum atomic E-state index is -1.14. The number of urea groups is 1. The minimum Gasteiger partial charge on any atom is -0.497 e. The summed E-state index contributed by atoms with van der Waals surface area (Å²) in [6.07, 6.45) is 0.637. The second kappa shape index (κ2) is 6.19. The van der Waals surface area contributed by atoms with Crippen LogP contribution in [0.25, 0.3) is 10.9 Å². The number of amides is 3. The molecule has 3 amide bonds. The van der Waals surface area contributed by atoms with Crippen LogP contribution in [-0.2, 0) is 16.8 Å². The van der Waals surface area contributed by atoms with Crippen LogP contribution in [0.4, 0.5) is 10.5 Å². The number of carbonyl (C=O) groups is 3. The number of nitrogens with one attached hydrogen (secondary N) is 1. The third-order valence-electron chi connectivity index (χ3n) is 6.28. The lowest BCUT2D eigenvalue weighted by Gasteiger charge is -2.35. The highest BCUT2D eigenvalue weighted by atomic mass is 16.5. The Hall–Kier alpha value is -3.61. The normalized spacial score (nSPS) is 20.5. The van der Waals surface area contributed by atoms with Gasteiger partial charge in [-0.15, -0.1) is 0 Å². The summed E-state index contributed by atoms with van der Waals surface area (Å²) in [5.74, 6) is 0.299. The summed E-state index contributed by atoms with van der Waals surface area (Å²) in [6.45, 7) is 3.68. The summed E-state index contributed by atoms with van der Waals surface area (Å²) in [4.78, 5) is 44.9. The minimum absolute atomic E-state index is 0.119. The van der Waals surface area contributed by atoms with E-state index < -0.39 is 5.54 Å². The number of hydrogen-bond acceptors (Lipinski definition) is 4. The number of carbonyl (C=O) groups excluding carboxylic acids is 3. The summed E-state index contributed by atoms with van der Waals surface area (Å²) in [5.41, 5.74) is 2.41. The zero-order valence-electron chi connectivity index (χ0n) is 17.0. The van der Waals surface area contributed by atoms with Gasteiger partial charge in [0.1, 0.15) is 5.75 Å². The Morgan fingerprint density at radius 3 is 2.70 bits per heavy atom. The molecule has 2 aromatic carbocycles. The quantitative estimate of drug-likeness (QED) is 0.535. The number of H-pyrrole nitrogens is 1. The first-order valence-corrected chi connectivity index (χ1v) is 9.82. The molecule has 2 aliphatic rings. The van der Waals surface area contributed by atoms with Gasteiger partial charge in [-0.1, -0.05) is 12.1 Å². The highest BCUT2D eigenvalue weighted by Gasteiger charge is 2.59. The summed E-state index contributed by atoms with van der Waals surface area (Å²) in [5, 5.41) is 1.00. The van der Waals surface area contributed by atoms with Gasteiger partial charge in [-0.2, -0.15) is 0 Å². The zero-order valence-corrected chi connectivity index (χ0v) is 17.0. The van der Waals surface area contributed by atoms with Crippen molar-refractivity contribution < 1.29 is 19.1 Å². The van der Waals surface area contributed by atoms with Crippen LogP contribution in [0.15, 0.2) is 42.5 Å². The average Bonchev–Trinajstić information content (AvgIpc) is 3.21. The molecule has 1 N–H and O–H groups in total. The highest BCUT2D eigenvalue weighted by molar-refractivity contribution is 6.24. The van der Waals surface area contributed by atoms with Gasteiger partial charge in [-0.05, 0) is 56.2 Å². The van der Waals surface area contributed by atoms with Gasteiger partial charge in [0.15, 0.2) is 11.3 Å². The molecule has 0 saturated carbocycles. The van der Waals surface area contributed by atoms with Crippen LogP contribution >= 0.6 is 0 Å². The molecule has 0 bridgehead atoms. The van der Waals surface area contributed by atoms with Gasteiger partial charge in [-0.25, -0.2) is 9.69 Å². The number of aromatic nitrogens is 1. The third-order valence-corrected chi connectivity index (χ3v) is 6.28. The average molecular weight is 403 g/mol. The molecule has 0 spiro atoms. The standard InChI is InChI=1S/C23H21N3O4/c1-13(27)14-5-4-6-15(11-14)26-21(28)23(2)20-17(9-10-25(23)22(26)29)18-12-16(30-3)7-8-19(18)24-20/h4-8,11-12,24H,9-10H2,1-3H3/t23-/m0/s1. The summed E-state index contributed by atoms with van der Waals surface area (Å²) < 4.78 is 5.36. The van der Waals surface area contributed by atoms with Crippen LogP contribution in [0.5, 0.6) is 5.75 Å². The Morgan fingerprint density at radius 1 is 1.17 bits per heavy atom. The number of ether oxygens (including phenoxy) is 1. The number of hydrogen-bond donors (Lipinski definition) is 1. The molecule has 1 atom stereocenters. The lowest BCUT2D eigenvalue weighted by Crippen LogP contribution is -2.49. The van der Waals surface area contributed by atoms with E-state index in [2.05, 4.69) is 4.98 Å². The van der Waals surface area contributed by atoms with Crippen molar-refractivity contribution in [3.63, 3.8) is 0 Å². The Kier molecular flexibility index (Phi) is 3.80. The summed E-state index contributed by atoms with van der Waals surface area (Å²) in [7, 11) is 1.62. The van der Waals surface area contributed by atoms with Crippen LogP contribution in [-0.4, -0.2) is 41.3 Å². The van der Waals surface area contributed by atoms with E-state index in [4.69, 9.17) is 4.74 Å². The fourth-order valence-electron chi connectivity index (χ4n) is 4.64. The molecule has 152 valence electrons. The van der Waals surface area contributed by atoms with Gasteiger partial charge in [-0.3, -0.25) is 9.59 Å². The van der Waals surface area contributed by atoms with Crippen LogP contribution < -0.4 is 9.64 Å². The van der Waals surface area contributed by atoms with E-state index in [0.717, 1.165) is 27.9 Å². The third kappa shape index (κ3) is 2.29. The fraction of sp³-hybridized carbons (Fsp3) is 0.261. The first-order valence-electron chi connectivity index (χ1n) is 9.82. The Morgan fingerprint density at radius 2 is 1.97 bits per heavy atom. The van der Waals surface area contributed by atoms with Crippen LogP contribution in [0.2, 0.25) is 0 Å². The second-order valence-electron chi connectivity index (χ2n) is 7.89. The van der Waals surface area contributed by atoms with Crippen LogP contribution in [0, 0.1) is 0 Å².